The number of rotatable bonds is 5. The summed E-state index contributed by atoms with van der Waals surface area (Å²) in [7, 11) is 0. The maximum absolute atomic E-state index is 13.2. The summed E-state index contributed by atoms with van der Waals surface area (Å²) < 4.78 is 16.9. The maximum Gasteiger partial charge on any atom is 0.253 e. The quantitative estimate of drug-likeness (QED) is 0.686. The molecule has 1 aromatic heterocycles. The first-order valence-electron chi connectivity index (χ1n) is 10.6. The Morgan fingerprint density at radius 1 is 1.00 bits per heavy atom. The van der Waals surface area contributed by atoms with Crippen LogP contribution in [-0.4, -0.2) is 41.7 Å². The Labute approximate surface area is 179 Å². The molecule has 0 unspecified atom stereocenters. The summed E-state index contributed by atoms with van der Waals surface area (Å²) in [5.41, 5.74) is 1.98. The van der Waals surface area contributed by atoms with Crippen molar-refractivity contribution < 1.29 is 19.0 Å². The summed E-state index contributed by atoms with van der Waals surface area (Å²) in [5.74, 6) is 1.21. The van der Waals surface area contributed by atoms with Crippen LogP contribution in [-0.2, 0) is 22.6 Å². The van der Waals surface area contributed by atoms with Gasteiger partial charge in [-0.15, -0.1) is 0 Å². The van der Waals surface area contributed by atoms with E-state index < -0.39 is 6.10 Å². The second kappa shape index (κ2) is 8.43. The van der Waals surface area contributed by atoms with Crippen LogP contribution in [0.3, 0.4) is 0 Å². The molecule has 5 rings (SSSR count). The highest BCUT2D eigenvalue weighted by Crippen LogP contribution is 2.33. The van der Waals surface area contributed by atoms with Gasteiger partial charge in [0, 0.05) is 30.2 Å². The molecule has 7 nitrogen and oxygen atoms in total. The third kappa shape index (κ3) is 4.14. The minimum Gasteiger partial charge on any atom is -0.486 e. The molecular weight excluding hydrogens is 396 g/mol. The van der Waals surface area contributed by atoms with Gasteiger partial charge in [0.2, 0.25) is 0 Å². The fourth-order valence-electron chi connectivity index (χ4n) is 4.10. The number of benzene rings is 2. The van der Waals surface area contributed by atoms with E-state index in [1.54, 1.807) is 11.0 Å². The number of carbonyl (C=O) groups is 1. The number of aromatic amines is 1. The molecule has 3 aromatic rings. The first-order valence-corrected chi connectivity index (χ1v) is 10.6. The summed E-state index contributed by atoms with van der Waals surface area (Å²) >= 11 is 0. The van der Waals surface area contributed by atoms with Crippen molar-refractivity contribution in [2.24, 2.45) is 0 Å². The summed E-state index contributed by atoms with van der Waals surface area (Å²) in [4.78, 5) is 30.6. The van der Waals surface area contributed by atoms with Gasteiger partial charge in [-0.1, -0.05) is 30.3 Å². The molecule has 1 N–H and O–H groups in total. The standard InChI is InChI=1S/C24H24N2O5/c27-23-18(11-17-12-21-22(13-19(17)25-23)31-10-9-30-21)15-26(14-16-5-2-1-3-6-16)24(28)20-7-4-8-29-20/h1-3,5-6,11-13,20H,4,7-10,14-15H2,(H,25,27)/t20-/m1/s1. The van der Waals surface area contributed by atoms with Crippen molar-refractivity contribution in [3.8, 4) is 11.5 Å². The maximum atomic E-state index is 13.2. The lowest BCUT2D eigenvalue weighted by Crippen LogP contribution is -2.39. The molecule has 31 heavy (non-hydrogen) atoms. The number of hydrogen-bond acceptors (Lipinski definition) is 5. The monoisotopic (exact) mass is 420 g/mol. The number of fused-ring (bicyclic) bond motifs is 2. The van der Waals surface area contributed by atoms with Crippen molar-refractivity contribution in [2.75, 3.05) is 19.8 Å². The van der Waals surface area contributed by atoms with E-state index in [0.717, 1.165) is 17.4 Å². The smallest absolute Gasteiger partial charge is 0.253 e. The molecule has 0 bridgehead atoms. The molecule has 160 valence electrons. The lowest BCUT2D eigenvalue weighted by Gasteiger charge is -2.25. The van der Waals surface area contributed by atoms with E-state index in [1.165, 1.54) is 0 Å². The van der Waals surface area contributed by atoms with E-state index in [2.05, 4.69) is 4.98 Å². The Morgan fingerprint density at radius 2 is 1.77 bits per heavy atom. The van der Waals surface area contributed by atoms with E-state index in [1.807, 2.05) is 42.5 Å². The second-order valence-electron chi connectivity index (χ2n) is 7.89. The molecule has 1 atom stereocenters. The van der Waals surface area contributed by atoms with Gasteiger partial charge in [-0.25, -0.2) is 0 Å². The van der Waals surface area contributed by atoms with Crippen LogP contribution in [0.2, 0.25) is 0 Å². The van der Waals surface area contributed by atoms with Crippen LogP contribution in [0.15, 0.2) is 53.3 Å². The van der Waals surface area contributed by atoms with Gasteiger partial charge < -0.3 is 24.1 Å². The van der Waals surface area contributed by atoms with Gasteiger partial charge in [0.25, 0.3) is 11.5 Å². The number of carbonyl (C=O) groups excluding carboxylic acids is 1. The fraction of sp³-hybridized carbons (Fsp3) is 0.333. The van der Waals surface area contributed by atoms with Crippen LogP contribution in [0.25, 0.3) is 10.9 Å². The van der Waals surface area contributed by atoms with E-state index in [9.17, 15) is 9.59 Å². The molecule has 2 aliphatic rings. The molecule has 1 fully saturated rings. The van der Waals surface area contributed by atoms with Crippen molar-refractivity contribution in [1.82, 2.24) is 9.88 Å². The average molecular weight is 420 g/mol. The molecule has 3 heterocycles. The number of hydrogen-bond donors (Lipinski definition) is 1. The van der Waals surface area contributed by atoms with E-state index >= 15 is 0 Å². The van der Waals surface area contributed by atoms with Crippen LogP contribution in [0, 0.1) is 0 Å². The Morgan fingerprint density at radius 3 is 2.52 bits per heavy atom. The number of aromatic nitrogens is 1. The van der Waals surface area contributed by atoms with E-state index in [-0.39, 0.29) is 18.0 Å². The normalized spacial score (nSPS) is 17.6. The number of pyridine rings is 1. The largest absolute Gasteiger partial charge is 0.486 e. The summed E-state index contributed by atoms with van der Waals surface area (Å²) in [5, 5.41) is 0.836. The van der Waals surface area contributed by atoms with Gasteiger partial charge in [-0.2, -0.15) is 0 Å². The Hall–Kier alpha value is -3.32. The molecule has 2 aliphatic heterocycles. The van der Waals surface area contributed by atoms with Crippen molar-refractivity contribution in [1.29, 1.82) is 0 Å². The molecule has 7 heteroatoms. The predicted molar refractivity (Wildman–Crippen MR) is 115 cm³/mol. The highest BCUT2D eigenvalue weighted by molar-refractivity contribution is 5.84. The van der Waals surface area contributed by atoms with Crippen LogP contribution in [0.4, 0.5) is 0 Å². The molecule has 0 saturated carbocycles. The Bertz CT molecular complexity index is 1150. The lowest BCUT2D eigenvalue weighted by molar-refractivity contribution is -0.142. The summed E-state index contributed by atoms with van der Waals surface area (Å²) in [6.45, 7) is 2.20. The van der Waals surface area contributed by atoms with Crippen molar-refractivity contribution >= 4 is 16.8 Å². The third-order valence-electron chi connectivity index (χ3n) is 5.68. The summed E-state index contributed by atoms with van der Waals surface area (Å²) in [6, 6.07) is 15.3. The number of H-pyrrole nitrogens is 1. The molecular formula is C24H24N2O5. The number of ether oxygens (including phenoxy) is 3. The number of nitrogens with zero attached hydrogens (tertiary/aromatic N) is 1. The van der Waals surface area contributed by atoms with Crippen molar-refractivity contribution in [3.63, 3.8) is 0 Å². The highest BCUT2D eigenvalue weighted by atomic mass is 16.6. The third-order valence-corrected chi connectivity index (χ3v) is 5.68. The van der Waals surface area contributed by atoms with Crippen LogP contribution in [0.1, 0.15) is 24.0 Å². The zero-order valence-corrected chi connectivity index (χ0v) is 17.1. The Kier molecular flexibility index (Phi) is 5.34. The van der Waals surface area contributed by atoms with Gasteiger partial charge >= 0.3 is 0 Å². The summed E-state index contributed by atoms with van der Waals surface area (Å²) in [6.07, 6.45) is 1.14. The zero-order valence-electron chi connectivity index (χ0n) is 17.1. The van der Waals surface area contributed by atoms with Gasteiger partial charge in [-0.3, -0.25) is 9.59 Å². The lowest BCUT2D eigenvalue weighted by atomic mass is 10.1. The minimum atomic E-state index is -0.444. The van der Waals surface area contributed by atoms with Crippen molar-refractivity contribution in [2.45, 2.75) is 32.0 Å². The van der Waals surface area contributed by atoms with Crippen LogP contribution in [0.5, 0.6) is 11.5 Å². The first-order chi connectivity index (χ1) is 15.2. The predicted octanol–water partition coefficient (Wildman–Crippen LogP) is 3.01. The van der Waals surface area contributed by atoms with Gasteiger partial charge in [0.05, 0.1) is 12.1 Å². The second-order valence-corrected chi connectivity index (χ2v) is 7.89. The van der Waals surface area contributed by atoms with Crippen LogP contribution >= 0.6 is 0 Å². The Balaban J connectivity index is 1.47. The van der Waals surface area contributed by atoms with Gasteiger partial charge in [0.1, 0.15) is 19.3 Å². The van der Waals surface area contributed by atoms with Crippen molar-refractivity contribution in [3.05, 3.63) is 70.0 Å². The fourth-order valence-corrected chi connectivity index (χ4v) is 4.10. The molecule has 1 amide bonds. The molecule has 2 aromatic carbocycles. The molecule has 1 saturated heterocycles. The first kappa shape index (κ1) is 19.6. The molecule has 0 spiro atoms. The average Bonchev–Trinajstić information content (AvgIpc) is 3.33. The van der Waals surface area contributed by atoms with E-state index in [0.29, 0.717) is 55.4 Å². The zero-order chi connectivity index (χ0) is 21.2. The van der Waals surface area contributed by atoms with Gasteiger partial charge in [-0.05, 0) is 30.5 Å². The van der Waals surface area contributed by atoms with Crippen LogP contribution < -0.4 is 15.0 Å². The highest BCUT2D eigenvalue weighted by Gasteiger charge is 2.29. The number of nitrogens with one attached hydrogen (secondary N) is 1. The van der Waals surface area contributed by atoms with Gasteiger partial charge in [0.15, 0.2) is 11.5 Å². The minimum absolute atomic E-state index is 0.0805. The van der Waals surface area contributed by atoms with E-state index in [4.69, 9.17) is 14.2 Å². The SMILES string of the molecule is O=C([C@H]1CCCO1)N(Cc1ccccc1)Cc1cc2cc3c(cc2[nH]c1=O)OCCO3. The topological polar surface area (TPSA) is 80.9 Å². The molecule has 0 aliphatic carbocycles. The number of amides is 1. The molecule has 0 radical (unpaired) electrons.